The number of esters is 1. The molecule has 1 fully saturated rings. The Bertz CT molecular complexity index is 1040. The number of rotatable bonds is 4. The number of alkyl halides is 9. The van der Waals surface area contributed by atoms with E-state index < -0.39 is 65.3 Å². The van der Waals surface area contributed by atoms with Gasteiger partial charge in [-0.15, -0.1) is 0 Å². The number of likely N-dealkylation sites (tertiary alicyclic amines) is 1. The van der Waals surface area contributed by atoms with Crippen LogP contribution in [0.5, 0.6) is 0 Å². The fraction of sp³-hybridized carbons (Fsp3) is 0.435. The van der Waals surface area contributed by atoms with Crippen LogP contribution in [0.4, 0.5) is 39.5 Å². The maximum Gasteiger partial charge on any atom is 0.416 e. The Balaban J connectivity index is 2.01. The molecule has 0 bridgehead atoms. The van der Waals surface area contributed by atoms with Crippen LogP contribution in [0.25, 0.3) is 0 Å². The largest absolute Gasteiger partial charge is 0.469 e. The van der Waals surface area contributed by atoms with Crippen LogP contribution in [0.2, 0.25) is 0 Å². The van der Waals surface area contributed by atoms with Crippen LogP contribution in [-0.2, 0) is 34.6 Å². The van der Waals surface area contributed by atoms with Crippen LogP contribution in [-0.4, -0.2) is 24.5 Å². The van der Waals surface area contributed by atoms with Crippen LogP contribution >= 0.6 is 0 Å². The smallest absolute Gasteiger partial charge is 0.416 e. The van der Waals surface area contributed by atoms with E-state index in [2.05, 4.69) is 0 Å². The number of hydrogen-bond acceptors (Lipinski definition) is 3. The number of carbonyl (C=O) groups excluding carboxylic acids is 1. The van der Waals surface area contributed by atoms with Gasteiger partial charge in [-0.05, 0) is 60.8 Å². The molecule has 2 aromatic rings. The molecule has 0 amide bonds. The molecule has 0 unspecified atom stereocenters. The summed E-state index contributed by atoms with van der Waals surface area (Å²) in [4.78, 5) is 13.5. The van der Waals surface area contributed by atoms with Crippen molar-refractivity contribution < 1.29 is 49.0 Å². The highest BCUT2D eigenvalue weighted by Gasteiger charge is 2.40. The van der Waals surface area contributed by atoms with E-state index in [0.29, 0.717) is 18.2 Å². The van der Waals surface area contributed by atoms with Gasteiger partial charge in [0.2, 0.25) is 0 Å². The van der Waals surface area contributed by atoms with Crippen LogP contribution in [0.15, 0.2) is 42.5 Å². The molecule has 0 aliphatic carbocycles. The second-order valence-corrected chi connectivity index (χ2v) is 8.22. The molecule has 0 radical (unpaired) electrons. The Labute approximate surface area is 194 Å². The van der Waals surface area contributed by atoms with Gasteiger partial charge in [0.05, 0.1) is 29.7 Å². The van der Waals surface area contributed by atoms with Gasteiger partial charge in [0.15, 0.2) is 0 Å². The quantitative estimate of drug-likeness (QED) is 0.330. The van der Waals surface area contributed by atoms with E-state index in [9.17, 15) is 44.3 Å². The third-order valence-corrected chi connectivity index (χ3v) is 5.98. The normalized spacial score (nSPS) is 20.1. The van der Waals surface area contributed by atoms with E-state index in [1.165, 1.54) is 4.90 Å². The molecule has 0 spiro atoms. The monoisotopic (exact) mass is 513 g/mol. The maximum atomic E-state index is 13.6. The van der Waals surface area contributed by atoms with Crippen LogP contribution in [0.1, 0.15) is 46.7 Å². The van der Waals surface area contributed by atoms with Crippen molar-refractivity contribution in [2.45, 2.75) is 44.0 Å². The number of hydrogen-bond donors (Lipinski definition) is 0. The number of carbonyl (C=O) groups is 1. The molecule has 1 aliphatic rings. The van der Waals surface area contributed by atoms with Crippen molar-refractivity contribution in [1.82, 2.24) is 4.90 Å². The molecule has 12 heteroatoms. The van der Waals surface area contributed by atoms with Crippen molar-refractivity contribution in [3.8, 4) is 0 Å². The molecule has 35 heavy (non-hydrogen) atoms. The molecule has 1 aliphatic heterocycles. The van der Waals surface area contributed by atoms with E-state index in [0.717, 1.165) is 31.4 Å². The Morgan fingerprint density at radius 1 is 0.886 bits per heavy atom. The van der Waals surface area contributed by atoms with Crippen molar-refractivity contribution in [2.24, 2.45) is 5.92 Å². The average Bonchev–Trinajstić information content (AvgIpc) is 2.77. The summed E-state index contributed by atoms with van der Waals surface area (Å²) in [6.07, 6.45) is -14.2. The Kier molecular flexibility index (Phi) is 7.45. The fourth-order valence-electron chi connectivity index (χ4n) is 4.22. The Hall–Kier alpha value is -2.76. The molecule has 0 saturated carbocycles. The first-order valence-electron chi connectivity index (χ1n) is 10.4. The molecule has 2 atom stereocenters. The molecule has 2 aromatic carbocycles. The van der Waals surface area contributed by atoms with E-state index in [1.54, 1.807) is 0 Å². The SMILES string of the molecule is COC(=O)[C@@H]1CCN(Cc2cc(C(F)(F)F)ccc2C(F)(F)F)[C@H](c2ccc(C(F)(F)F)cc2)C1. The first-order valence-corrected chi connectivity index (χ1v) is 10.4. The maximum absolute atomic E-state index is 13.6. The molecule has 0 aromatic heterocycles. The van der Waals surface area contributed by atoms with Gasteiger partial charge in [-0.3, -0.25) is 9.69 Å². The van der Waals surface area contributed by atoms with Crippen molar-refractivity contribution >= 4 is 5.97 Å². The lowest BCUT2D eigenvalue weighted by Crippen LogP contribution is -2.39. The number of piperidine rings is 1. The zero-order chi connectivity index (χ0) is 26.2. The second-order valence-electron chi connectivity index (χ2n) is 8.22. The van der Waals surface area contributed by atoms with Gasteiger partial charge in [-0.25, -0.2) is 0 Å². The number of benzene rings is 2. The minimum Gasteiger partial charge on any atom is -0.469 e. The third-order valence-electron chi connectivity index (χ3n) is 5.98. The van der Waals surface area contributed by atoms with Gasteiger partial charge < -0.3 is 4.74 Å². The van der Waals surface area contributed by atoms with E-state index in [-0.39, 0.29) is 24.9 Å². The lowest BCUT2D eigenvalue weighted by Gasteiger charge is -2.39. The average molecular weight is 513 g/mol. The molecule has 192 valence electrons. The molecule has 3 nitrogen and oxygen atoms in total. The molecule has 1 saturated heterocycles. The highest BCUT2D eigenvalue weighted by molar-refractivity contribution is 5.72. The zero-order valence-corrected chi connectivity index (χ0v) is 18.2. The van der Waals surface area contributed by atoms with Crippen LogP contribution in [0.3, 0.4) is 0 Å². The van der Waals surface area contributed by atoms with Crippen molar-refractivity contribution in [3.63, 3.8) is 0 Å². The summed E-state index contributed by atoms with van der Waals surface area (Å²) < 4.78 is 124. The summed E-state index contributed by atoms with van der Waals surface area (Å²) in [6.45, 7) is -0.544. The number of nitrogens with zero attached hydrogens (tertiary/aromatic N) is 1. The molecular weight excluding hydrogens is 493 g/mol. The van der Waals surface area contributed by atoms with E-state index in [1.807, 2.05) is 0 Å². The minimum absolute atomic E-state index is 0.0123. The predicted molar refractivity (Wildman–Crippen MR) is 106 cm³/mol. The molecule has 1 heterocycles. The van der Waals surface area contributed by atoms with Gasteiger partial charge in [0, 0.05) is 12.6 Å². The van der Waals surface area contributed by atoms with Gasteiger partial charge in [0.1, 0.15) is 0 Å². The Morgan fingerprint density at radius 2 is 1.46 bits per heavy atom. The highest BCUT2D eigenvalue weighted by atomic mass is 19.4. The van der Waals surface area contributed by atoms with E-state index >= 15 is 0 Å². The summed E-state index contributed by atoms with van der Waals surface area (Å²) in [5.74, 6) is -1.26. The van der Waals surface area contributed by atoms with Gasteiger partial charge in [-0.1, -0.05) is 12.1 Å². The Morgan fingerprint density at radius 3 is 1.97 bits per heavy atom. The van der Waals surface area contributed by atoms with Crippen LogP contribution < -0.4 is 0 Å². The summed E-state index contributed by atoms with van der Waals surface area (Å²) in [5, 5.41) is 0. The second kappa shape index (κ2) is 9.71. The van der Waals surface area contributed by atoms with Crippen molar-refractivity contribution in [2.75, 3.05) is 13.7 Å². The van der Waals surface area contributed by atoms with Gasteiger partial charge in [-0.2, -0.15) is 39.5 Å². The van der Waals surface area contributed by atoms with Crippen molar-refractivity contribution in [1.29, 1.82) is 0 Å². The summed E-state index contributed by atoms with van der Waals surface area (Å²) in [5.41, 5.74) is -3.78. The molecule has 0 N–H and O–H groups in total. The lowest BCUT2D eigenvalue weighted by molar-refractivity contribution is -0.148. The standard InChI is InChI=1S/C23H20F9NO2/c1-35-20(34)14-8-9-33(19(11-14)13-2-4-16(5-3-13)21(24,25)26)12-15-10-17(22(27,28)29)6-7-18(15)23(30,31)32/h2-7,10,14,19H,8-9,11-12H2,1H3/t14-,19+/m1/s1. The van der Waals surface area contributed by atoms with Gasteiger partial charge in [0.25, 0.3) is 0 Å². The highest BCUT2D eigenvalue weighted by Crippen LogP contribution is 2.41. The number of methoxy groups -OCH3 is 1. The topological polar surface area (TPSA) is 29.5 Å². The summed E-state index contributed by atoms with van der Waals surface area (Å²) >= 11 is 0. The van der Waals surface area contributed by atoms with Crippen molar-refractivity contribution in [3.05, 3.63) is 70.3 Å². The first-order chi connectivity index (χ1) is 16.1. The summed E-state index contributed by atoms with van der Waals surface area (Å²) in [7, 11) is 1.15. The number of halogens is 9. The molecular formula is C23H20F9NO2. The number of ether oxygens (including phenoxy) is 1. The third kappa shape index (κ3) is 6.28. The lowest BCUT2D eigenvalue weighted by atomic mass is 9.86. The minimum atomic E-state index is -4.92. The predicted octanol–water partition coefficient (Wildman–Crippen LogP) is 6.87. The van der Waals surface area contributed by atoms with E-state index in [4.69, 9.17) is 4.74 Å². The zero-order valence-electron chi connectivity index (χ0n) is 18.2. The fourth-order valence-corrected chi connectivity index (χ4v) is 4.22. The van der Waals surface area contributed by atoms with Crippen LogP contribution in [0, 0.1) is 5.92 Å². The first kappa shape index (κ1) is 26.8. The van der Waals surface area contributed by atoms with Gasteiger partial charge >= 0.3 is 24.5 Å². The summed E-state index contributed by atoms with van der Waals surface area (Å²) in [6, 6.07) is 4.23. The molecule has 3 rings (SSSR count).